The minimum Gasteiger partial charge on any atom is -0.477 e. The first-order valence-electron chi connectivity index (χ1n) is 4.13. The SMILES string of the molecule is O=C(O)c1cc(CCO)cc(C(=O)O)n1. The number of hydrogen-bond acceptors (Lipinski definition) is 4. The highest BCUT2D eigenvalue weighted by molar-refractivity contribution is 5.90. The molecule has 0 bridgehead atoms. The Kier molecular flexibility index (Phi) is 3.35. The zero-order valence-electron chi connectivity index (χ0n) is 7.67. The van der Waals surface area contributed by atoms with Gasteiger partial charge in [0.1, 0.15) is 11.4 Å². The summed E-state index contributed by atoms with van der Waals surface area (Å²) in [6.45, 7) is -0.178. The number of carboxylic acid groups (broad SMARTS) is 2. The van der Waals surface area contributed by atoms with E-state index in [4.69, 9.17) is 15.3 Å². The Bertz CT molecular complexity index is 369. The Labute approximate surface area is 84.8 Å². The first-order chi connectivity index (χ1) is 7.04. The molecule has 1 aromatic heterocycles. The summed E-state index contributed by atoms with van der Waals surface area (Å²) in [5, 5.41) is 26.0. The molecule has 1 rings (SSSR count). The molecule has 1 heterocycles. The lowest BCUT2D eigenvalue weighted by Gasteiger charge is -2.02. The lowest BCUT2D eigenvalue weighted by atomic mass is 10.1. The number of aliphatic hydroxyl groups excluding tert-OH is 1. The zero-order valence-corrected chi connectivity index (χ0v) is 7.67. The van der Waals surface area contributed by atoms with Crippen LogP contribution in [0.3, 0.4) is 0 Å². The maximum absolute atomic E-state index is 10.6. The van der Waals surface area contributed by atoms with Crippen molar-refractivity contribution in [2.24, 2.45) is 0 Å². The minimum atomic E-state index is -1.29. The van der Waals surface area contributed by atoms with Gasteiger partial charge in [0, 0.05) is 6.61 Å². The van der Waals surface area contributed by atoms with Gasteiger partial charge in [0.25, 0.3) is 0 Å². The molecule has 15 heavy (non-hydrogen) atoms. The fourth-order valence-electron chi connectivity index (χ4n) is 1.08. The van der Waals surface area contributed by atoms with Crippen molar-refractivity contribution >= 4 is 11.9 Å². The van der Waals surface area contributed by atoms with Crippen LogP contribution in [0.15, 0.2) is 12.1 Å². The molecule has 0 aliphatic heterocycles. The van der Waals surface area contributed by atoms with E-state index in [0.29, 0.717) is 5.56 Å². The largest absolute Gasteiger partial charge is 0.477 e. The monoisotopic (exact) mass is 211 g/mol. The number of aliphatic hydroxyl groups is 1. The van der Waals surface area contributed by atoms with Gasteiger partial charge < -0.3 is 15.3 Å². The maximum Gasteiger partial charge on any atom is 0.354 e. The molecule has 80 valence electrons. The topological polar surface area (TPSA) is 108 Å². The average molecular weight is 211 g/mol. The molecular weight excluding hydrogens is 202 g/mol. The predicted octanol–water partition coefficient (Wildman–Crippen LogP) is 0.0128. The number of pyridine rings is 1. The standard InChI is InChI=1S/C9H9NO5/c11-2-1-5-3-6(8(12)13)10-7(4-5)9(14)15/h3-4,11H,1-2H2,(H,12,13)(H,14,15). The normalized spacial score (nSPS) is 9.93. The molecule has 6 nitrogen and oxygen atoms in total. The molecule has 0 radical (unpaired) electrons. The number of carbonyl (C=O) groups is 2. The Morgan fingerprint density at radius 1 is 1.13 bits per heavy atom. The van der Waals surface area contributed by atoms with Gasteiger partial charge in [0.2, 0.25) is 0 Å². The molecular formula is C9H9NO5. The molecule has 0 spiro atoms. The maximum atomic E-state index is 10.6. The smallest absolute Gasteiger partial charge is 0.354 e. The van der Waals surface area contributed by atoms with Crippen LogP contribution in [0, 0.1) is 0 Å². The highest BCUT2D eigenvalue weighted by atomic mass is 16.4. The van der Waals surface area contributed by atoms with Crippen molar-refractivity contribution in [2.75, 3.05) is 6.61 Å². The van der Waals surface area contributed by atoms with E-state index < -0.39 is 11.9 Å². The first-order valence-corrected chi connectivity index (χ1v) is 4.13. The summed E-state index contributed by atoms with van der Waals surface area (Å²) >= 11 is 0. The van der Waals surface area contributed by atoms with E-state index in [1.807, 2.05) is 0 Å². The third-order valence-electron chi connectivity index (χ3n) is 1.72. The Balaban J connectivity index is 3.19. The van der Waals surface area contributed by atoms with E-state index in [1.54, 1.807) is 0 Å². The number of aromatic nitrogens is 1. The molecule has 6 heteroatoms. The quantitative estimate of drug-likeness (QED) is 0.647. The van der Waals surface area contributed by atoms with Gasteiger partial charge in [-0.15, -0.1) is 0 Å². The molecule has 0 aliphatic rings. The number of aromatic carboxylic acids is 2. The Hall–Kier alpha value is -1.95. The first kappa shape index (κ1) is 11.1. The van der Waals surface area contributed by atoms with Crippen molar-refractivity contribution in [3.8, 4) is 0 Å². The van der Waals surface area contributed by atoms with Crippen LogP contribution in [0.5, 0.6) is 0 Å². The molecule has 0 aliphatic carbocycles. The third kappa shape index (κ3) is 2.75. The fourth-order valence-corrected chi connectivity index (χ4v) is 1.08. The summed E-state index contributed by atoms with van der Waals surface area (Å²) in [5.41, 5.74) is -0.237. The van der Waals surface area contributed by atoms with Crippen molar-refractivity contribution in [3.63, 3.8) is 0 Å². The van der Waals surface area contributed by atoms with Crippen LogP contribution in [0.1, 0.15) is 26.5 Å². The average Bonchev–Trinajstić information content (AvgIpc) is 2.17. The van der Waals surface area contributed by atoms with Gasteiger partial charge in [0.15, 0.2) is 0 Å². The van der Waals surface area contributed by atoms with E-state index >= 15 is 0 Å². The van der Waals surface area contributed by atoms with Crippen molar-refractivity contribution in [1.82, 2.24) is 4.98 Å². The Morgan fingerprint density at radius 3 is 1.93 bits per heavy atom. The van der Waals surface area contributed by atoms with Crippen LogP contribution < -0.4 is 0 Å². The summed E-state index contributed by atoms with van der Waals surface area (Å²) in [7, 11) is 0. The van der Waals surface area contributed by atoms with E-state index in [0.717, 1.165) is 0 Å². The van der Waals surface area contributed by atoms with E-state index in [2.05, 4.69) is 4.98 Å². The van der Waals surface area contributed by atoms with Gasteiger partial charge in [-0.3, -0.25) is 0 Å². The summed E-state index contributed by atoms with van der Waals surface area (Å²) in [5.74, 6) is -2.59. The summed E-state index contributed by atoms with van der Waals surface area (Å²) in [6, 6.07) is 2.48. The lowest BCUT2D eigenvalue weighted by molar-refractivity contribution is 0.0684. The van der Waals surface area contributed by atoms with Crippen molar-refractivity contribution in [2.45, 2.75) is 6.42 Å². The number of carboxylic acids is 2. The summed E-state index contributed by atoms with van der Waals surface area (Å²) < 4.78 is 0. The highest BCUT2D eigenvalue weighted by Gasteiger charge is 2.12. The molecule has 0 atom stereocenters. The molecule has 0 unspecified atom stereocenters. The van der Waals surface area contributed by atoms with Gasteiger partial charge >= 0.3 is 11.9 Å². The lowest BCUT2D eigenvalue weighted by Crippen LogP contribution is -2.09. The molecule has 1 aromatic rings. The molecule has 0 amide bonds. The second-order valence-corrected chi connectivity index (χ2v) is 2.83. The van der Waals surface area contributed by atoms with Gasteiger partial charge in [-0.2, -0.15) is 0 Å². The number of rotatable bonds is 4. The fraction of sp³-hybridized carbons (Fsp3) is 0.222. The van der Waals surface area contributed by atoms with E-state index in [1.165, 1.54) is 12.1 Å². The molecule has 3 N–H and O–H groups in total. The van der Waals surface area contributed by atoms with Gasteiger partial charge in [-0.25, -0.2) is 14.6 Å². The van der Waals surface area contributed by atoms with Crippen LogP contribution in [0.2, 0.25) is 0 Å². The van der Waals surface area contributed by atoms with Crippen molar-refractivity contribution < 1.29 is 24.9 Å². The second kappa shape index (κ2) is 4.52. The van der Waals surface area contributed by atoms with Crippen LogP contribution in [-0.2, 0) is 6.42 Å². The van der Waals surface area contributed by atoms with E-state index in [9.17, 15) is 9.59 Å². The van der Waals surface area contributed by atoms with Crippen LogP contribution >= 0.6 is 0 Å². The third-order valence-corrected chi connectivity index (χ3v) is 1.72. The molecule has 0 saturated heterocycles. The molecule has 0 aromatic carbocycles. The van der Waals surface area contributed by atoms with Crippen molar-refractivity contribution in [3.05, 3.63) is 29.1 Å². The van der Waals surface area contributed by atoms with Crippen LogP contribution in [-0.4, -0.2) is 38.8 Å². The predicted molar refractivity (Wildman–Crippen MR) is 48.9 cm³/mol. The number of hydrogen-bond donors (Lipinski definition) is 3. The minimum absolute atomic E-state index is 0.178. The Morgan fingerprint density at radius 2 is 1.60 bits per heavy atom. The van der Waals surface area contributed by atoms with Crippen LogP contribution in [0.4, 0.5) is 0 Å². The van der Waals surface area contributed by atoms with Gasteiger partial charge in [0.05, 0.1) is 0 Å². The van der Waals surface area contributed by atoms with Crippen LogP contribution in [0.25, 0.3) is 0 Å². The second-order valence-electron chi connectivity index (χ2n) is 2.83. The number of nitrogens with zero attached hydrogens (tertiary/aromatic N) is 1. The highest BCUT2D eigenvalue weighted by Crippen LogP contribution is 2.07. The summed E-state index contributed by atoms with van der Waals surface area (Å²) in [4.78, 5) is 24.7. The zero-order chi connectivity index (χ0) is 11.4. The van der Waals surface area contributed by atoms with Gasteiger partial charge in [-0.1, -0.05) is 0 Å². The molecule has 0 fully saturated rings. The van der Waals surface area contributed by atoms with E-state index in [-0.39, 0.29) is 24.4 Å². The molecule has 0 saturated carbocycles. The summed E-state index contributed by atoms with van der Waals surface area (Å²) in [6.07, 6.45) is 0.197. The van der Waals surface area contributed by atoms with Gasteiger partial charge in [-0.05, 0) is 24.1 Å². The van der Waals surface area contributed by atoms with Crippen molar-refractivity contribution in [1.29, 1.82) is 0 Å².